The van der Waals surface area contributed by atoms with E-state index in [1.165, 1.54) is 30.3 Å². The van der Waals surface area contributed by atoms with Crippen molar-refractivity contribution in [2.24, 2.45) is 0 Å². The van der Waals surface area contributed by atoms with Crippen LogP contribution >= 0.6 is 0 Å². The zero-order chi connectivity index (χ0) is 25.7. The summed E-state index contributed by atoms with van der Waals surface area (Å²) in [5.41, 5.74) is 1.50. The number of carbonyl (C=O) groups excluding carboxylic acids is 1. The molecule has 1 aliphatic carbocycles. The van der Waals surface area contributed by atoms with Gasteiger partial charge < -0.3 is 14.2 Å². The maximum Gasteiger partial charge on any atom is 0.346 e. The average Bonchev–Trinajstić information content (AvgIpc) is 2.89. The molecule has 0 spiro atoms. The Balaban J connectivity index is 1.44. The van der Waals surface area contributed by atoms with Gasteiger partial charge in [0, 0.05) is 19.3 Å². The third-order valence-electron chi connectivity index (χ3n) is 6.66. The van der Waals surface area contributed by atoms with Crippen LogP contribution in [0.1, 0.15) is 60.0 Å². The molecule has 0 amide bonds. The lowest BCUT2D eigenvalue weighted by Gasteiger charge is -2.28. The van der Waals surface area contributed by atoms with E-state index in [2.05, 4.69) is 0 Å². The van der Waals surface area contributed by atoms with Gasteiger partial charge >= 0.3 is 5.97 Å². The highest BCUT2D eigenvalue weighted by atomic mass is 19.2. The molecule has 4 nitrogen and oxygen atoms in total. The fourth-order valence-electron chi connectivity index (χ4n) is 4.61. The predicted octanol–water partition coefficient (Wildman–Crippen LogP) is 7.20. The SMILES string of the molecule is CCOCc1ccc(-c2ccc(OC(=O)c3ccc(C4CCC(OC)CC4)c(F)c3F)cc2)c(F)c1. The highest BCUT2D eigenvalue weighted by Crippen LogP contribution is 2.36. The van der Waals surface area contributed by atoms with Crippen LogP contribution in [-0.4, -0.2) is 25.8 Å². The van der Waals surface area contributed by atoms with Crippen LogP contribution in [0.5, 0.6) is 5.75 Å². The Labute approximate surface area is 209 Å². The maximum atomic E-state index is 14.8. The van der Waals surface area contributed by atoms with Gasteiger partial charge in [-0.1, -0.05) is 30.3 Å². The third-order valence-corrected chi connectivity index (χ3v) is 6.66. The smallest absolute Gasteiger partial charge is 0.346 e. The van der Waals surface area contributed by atoms with Crippen molar-refractivity contribution in [2.45, 2.75) is 51.2 Å². The van der Waals surface area contributed by atoms with Gasteiger partial charge in [-0.2, -0.15) is 0 Å². The van der Waals surface area contributed by atoms with E-state index >= 15 is 0 Å². The number of benzene rings is 3. The number of hydrogen-bond acceptors (Lipinski definition) is 4. The van der Waals surface area contributed by atoms with Crippen molar-refractivity contribution in [3.63, 3.8) is 0 Å². The lowest BCUT2D eigenvalue weighted by atomic mass is 9.82. The summed E-state index contributed by atoms with van der Waals surface area (Å²) in [5, 5.41) is 0. The maximum absolute atomic E-state index is 14.8. The zero-order valence-corrected chi connectivity index (χ0v) is 20.4. The molecule has 4 rings (SSSR count). The van der Waals surface area contributed by atoms with E-state index in [0.717, 1.165) is 18.4 Å². The molecule has 0 N–H and O–H groups in total. The van der Waals surface area contributed by atoms with Crippen LogP contribution in [0.2, 0.25) is 0 Å². The van der Waals surface area contributed by atoms with Gasteiger partial charge in [0.1, 0.15) is 11.6 Å². The van der Waals surface area contributed by atoms with Crippen LogP contribution in [0.4, 0.5) is 13.2 Å². The van der Waals surface area contributed by atoms with Crippen LogP contribution in [0.25, 0.3) is 11.1 Å². The molecule has 3 aromatic carbocycles. The van der Waals surface area contributed by atoms with Crippen molar-refractivity contribution in [3.8, 4) is 16.9 Å². The van der Waals surface area contributed by atoms with E-state index in [9.17, 15) is 18.0 Å². The molecule has 190 valence electrons. The molecule has 1 saturated carbocycles. The topological polar surface area (TPSA) is 44.8 Å². The van der Waals surface area contributed by atoms with Gasteiger partial charge in [0.15, 0.2) is 11.6 Å². The number of methoxy groups -OCH3 is 1. The summed E-state index contributed by atoms with van der Waals surface area (Å²) >= 11 is 0. The van der Waals surface area contributed by atoms with Crippen LogP contribution in [0, 0.1) is 17.5 Å². The Bertz CT molecular complexity index is 1200. The molecule has 0 bridgehead atoms. The fourth-order valence-corrected chi connectivity index (χ4v) is 4.61. The molecule has 1 fully saturated rings. The fraction of sp³-hybridized carbons (Fsp3) is 0.345. The van der Waals surface area contributed by atoms with Gasteiger partial charge in [0.2, 0.25) is 0 Å². The number of rotatable bonds is 8. The molecule has 0 atom stereocenters. The summed E-state index contributed by atoms with van der Waals surface area (Å²) in [6.45, 7) is 2.74. The van der Waals surface area contributed by atoms with Crippen molar-refractivity contribution in [1.82, 2.24) is 0 Å². The summed E-state index contributed by atoms with van der Waals surface area (Å²) in [4.78, 5) is 12.6. The van der Waals surface area contributed by atoms with Crippen molar-refractivity contribution in [2.75, 3.05) is 13.7 Å². The Morgan fingerprint density at radius 3 is 2.28 bits per heavy atom. The minimum absolute atomic E-state index is 0.114. The van der Waals surface area contributed by atoms with Crippen LogP contribution in [0.15, 0.2) is 54.6 Å². The summed E-state index contributed by atoms with van der Waals surface area (Å²) in [7, 11) is 1.65. The normalized spacial score (nSPS) is 17.7. The average molecular weight is 499 g/mol. The highest BCUT2D eigenvalue weighted by molar-refractivity contribution is 5.91. The second-order valence-corrected chi connectivity index (χ2v) is 8.90. The van der Waals surface area contributed by atoms with Gasteiger partial charge in [-0.3, -0.25) is 0 Å². The van der Waals surface area contributed by atoms with Crippen LogP contribution < -0.4 is 4.74 Å². The summed E-state index contributed by atoms with van der Waals surface area (Å²) in [6.07, 6.45) is 3.10. The van der Waals surface area contributed by atoms with Gasteiger partial charge in [0.05, 0.1) is 18.3 Å². The lowest BCUT2D eigenvalue weighted by Crippen LogP contribution is -2.20. The molecule has 0 heterocycles. The van der Waals surface area contributed by atoms with Crippen molar-refractivity contribution in [1.29, 1.82) is 0 Å². The summed E-state index contributed by atoms with van der Waals surface area (Å²) in [5.74, 6) is -3.59. The minimum atomic E-state index is -1.21. The number of halogens is 3. The Morgan fingerprint density at radius 2 is 1.64 bits per heavy atom. The number of hydrogen-bond donors (Lipinski definition) is 0. The lowest BCUT2D eigenvalue weighted by molar-refractivity contribution is 0.0654. The highest BCUT2D eigenvalue weighted by Gasteiger charge is 2.28. The Hall–Kier alpha value is -3.16. The van der Waals surface area contributed by atoms with Gasteiger partial charge in [-0.05, 0) is 79.5 Å². The van der Waals surface area contributed by atoms with E-state index in [4.69, 9.17) is 14.2 Å². The zero-order valence-electron chi connectivity index (χ0n) is 20.4. The van der Waals surface area contributed by atoms with Crippen molar-refractivity contribution >= 4 is 5.97 Å². The summed E-state index contributed by atoms with van der Waals surface area (Å²) in [6, 6.07) is 13.8. The predicted molar refractivity (Wildman–Crippen MR) is 130 cm³/mol. The molecule has 7 heteroatoms. The Kier molecular flexibility index (Phi) is 8.44. The first-order valence-corrected chi connectivity index (χ1v) is 12.1. The molecule has 3 aromatic rings. The van der Waals surface area contributed by atoms with E-state index in [1.807, 2.05) is 6.92 Å². The quantitative estimate of drug-likeness (QED) is 0.243. The van der Waals surface area contributed by atoms with Gasteiger partial charge in [-0.25, -0.2) is 18.0 Å². The molecule has 0 unspecified atom stereocenters. The van der Waals surface area contributed by atoms with Crippen LogP contribution in [-0.2, 0) is 16.1 Å². The monoisotopic (exact) mass is 498 g/mol. The first kappa shape index (κ1) is 25.9. The van der Waals surface area contributed by atoms with E-state index in [0.29, 0.717) is 37.2 Å². The number of esters is 1. The molecule has 0 saturated heterocycles. The van der Waals surface area contributed by atoms with E-state index < -0.39 is 29.0 Å². The van der Waals surface area contributed by atoms with Crippen molar-refractivity contribution < 1.29 is 32.2 Å². The molecular weight excluding hydrogens is 469 g/mol. The van der Waals surface area contributed by atoms with Crippen LogP contribution in [0.3, 0.4) is 0 Å². The Morgan fingerprint density at radius 1 is 0.917 bits per heavy atom. The third kappa shape index (κ3) is 5.79. The minimum Gasteiger partial charge on any atom is -0.423 e. The molecule has 0 radical (unpaired) electrons. The second kappa shape index (κ2) is 11.7. The molecule has 1 aliphatic rings. The van der Waals surface area contributed by atoms with Crippen molar-refractivity contribution in [3.05, 3.63) is 88.7 Å². The molecule has 36 heavy (non-hydrogen) atoms. The van der Waals surface area contributed by atoms with E-state index in [-0.39, 0.29) is 23.3 Å². The molecule has 0 aliphatic heterocycles. The molecule has 0 aromatic heterocycles. The first-order chi connectivity index (χ1) is 17.4. The van der Waals surface area contributed by atoms with Gasteiger partial charge in [0.25, 0.3) is 0 Å². The van der Waals surface area contributed by atoms with E-state index in [1.54, 1.807) is 31.4 Å². The second-order valence-electron chi connectivity index (χ2n) is 8.90. The first-order valence-electron chi connectivity index (χ1n) is 12.1. The largest absolute Gasteiger partial charge is 0.423 e. The standard InChI is InChI=1S/C29H29F3O4/c1-3-35-17-18-4-13-23(26(30)16-18)19-7-11-22(12-8-19)36-29(33)25-15-14-24(27(31)28(25)32)20-5-9-21(34-2)10-6-20/h4,7-8,11-16,20-21H,3,5-6,9-10,17H2,1-2H3. The number of carbonyl (C=O) groups is 1. The molecular formula is C29H29F3O4. The number of ether oxygens (including phenoxy) is 3. The van der Waals surface area contributed by atoms with Gasteiger partial charge in [-0.15, -0.1) is 0 Å². The summed E-state index contributed by atoms with van der Waals surface area (Å²) < 4.78 is 60.1.